The van der Waals surface area contributed by atoms with Gasteiger partial charge in [0.2, 0.25) is 0 Å². The molecule has 1 saturated carbocycles. The van der Waals surface area contributed by atoms with Crippen molar-refractivity contribution in [3.05, 3.63) is 29.8 Å². The fraction of sp³-hybridized carbons (Fsp3) is 0.667. The highest BCUT2D eigenvalue weighted by Gasteiger charge is 2.69. The zero-order valence-electron chi connectivity index (χ0n) is 15.3. The summed E-state index contributed by atoms with van der Waals surface area (Å²) in [5.41, 5.74) is 2.98. The summed E-state index contributed by atoms with van der Waals surface area (Å²) >= 11 is 0. The average molecular weight is 340 g/mol. The Labute approximate surface area is 149 Å². The molecule has 0 radical (unpaired) electrons. The highest BCUT2D eigenvalue weighted by molar-refractivity contribution is 5.78. The van der Waals surface area contributed by atoms with Crippen LogP contribution in [-0.2, 0) is 14.9 Å². The van der Waals surface area contributed by atoms with E-state index in [1.54, 1.807) is 7.11 Å². The molecule has 3 heterocycles. The van der Waals surface area contributed by atoms with Gasteiger partial charge in [-0.05, 0) is 62.2 Å². The van der Waals surface area contributed by atoms with Crippen LogP contribution < -0.4 is 5.32 Å². The van der Waals surface area contributed by atoms with Crippen LogP contribution in [0.15, 0.2) is 24.3 Å². The molecule has 1 aromatic carbocycles. The average Bonchev–Trinajstić information content (AvgIpc) is 3.21. The molecule has 0 bridgehead atoms. The van der Waals surface area contributed by atoms with Gasteiger partial charge in [-0.3, -0.25) is 9.69 Å². The topological polar surface area (TPSA) is 41.6 Å². The Balaban J connectivity index is 1.73. The first-order chi connectivity index (χ1) is 12.2. The van der Waals surface area contributed by atoms with Crippen molar-refractivity contribution in [1.82, 2.24) is 4.90 Å². The number of piperidine rings is 1. The predicted molar refractivity (Wildman–Crippen MR) is 97.6 cm³/mol. The number of esters is 1. The molecule has 4 heteroatoms. The van der Waals surface area contributed by atoms with Crippen LogP contribution in [0.4, 0.5) is 5.69 Å². The zero-order chi connectivity index (χ0) is 17.2. The third kappa shape index (κ3) is 1.79. The molecule has 134 valence electrons. The fourth-order valence-electron chi connectivity index (χ4n) is 7.07. The van der Waals surface area contributed by atoms with Crippen LogP contribution in [0.2, 0.25) is 0 Å². The third-order valence-corrected chi connectivity index (χ3v) is 7.90. The van der Waals surface area contributed by atoms with Crippen molar-refractivity contribution >= 4 is 11.7 Å². The number of benzene rings is 1. The molecule has 1 N–H and O–H groups in total. The van der Waals surface area contributed by atoms with Gasteiger partial charge in [0.1, 0.15) is 0 Å². The van der Waals surface area contributed by atoms with E-state index in [2.05, 4.69) is 41.4 Å². The van der Waals surface area contributed by atoms with E-state index in [1.165, 1.54) is 30.6 Å². The molecule has 1 unspecified atom stereocenters. The minimum atomic E-state index is -0.0494. The highest BCUT2D eigenvalue weighted by Crippen LogP contribution is 2.65. The van der Waals surface area contributed by atoms with Gasteiger partial charge in [0.05, 0.1) is 19.1 Å². The Bertz CT molecular complexity index is 720. The highest BCUT2D eigenvalue weighted by atomic mass is 16.5. The SMILES string of the molecule is CC[C@]12CCCN3CC[C@]4(c5ccccc5N[C@H]4C(C(=O)OC)C1)[C@@H]32. The number of fused-ring (bicyclic) bond motifs is 1. The lowest BCUT2D eigenvalue weighted by molar-refractivity contribution is -0.153. The molecule has 1 aliphatic carbocycles. The van der Waals surface area contributed by atoms with Gasteiger partial charge in [0, 0.05) is 17.1 Å². The van der Waals surface area contributed by atoms with Crippen LogP contribution in [0.3, 0.4) is 0 Å². The van der Waals surface area contributed by atoms with Crippen LogP contribution in [0.25, 0.3) is 0 Å². The van der Waals surface area contributed by atoms with Crippen molar-refractivity contribution in [2.45, 2.75) is 56.5 Å². The van der Waals surface area contributed by atoms with E-state index in [0.717, 1.165) is 25.8 Å². The number of methoxy groups -OCH3 is 1. The fourth-order valence-corrected chi connectivity index (χ4v) is 7.07. The Morgan fingerprint density at radius 2 is 2.16 bits per heavy atom. The minimum Gasteiger partial charge on any atom is -0.469 e. The molecular formula is C21H28N2O2. The quantitative estimate of drug-likeness (QED) is 0.840. The summed E-state index contributed by atoms with van der Waals surface area (Å²) in [5.74, 6) is -0.0772. The maximum absolute atomic E-state index is 12.8. The lowest BCUT2D eigenvalue weighted by Crippen LogP contribution is -2.67. The van der Waals surface area contributed by atoms with Crippen LogP contribution in [-0.4, -0.2) is 43.2 Å². The summed E-state index contributed by atoms with van der Waals surface area (Å²) in [7, 11) is 1.55. The monoisotopic (exact) mass is 340 g/mol. The van der Waals surface area contributed by atoms with E-state index in [9.17, 15) is 4.79 Å². The number of para-hydroxylation sites is 1. The molecule has 2 saturated heterocycles. The molecule has 1 aromatic rings. The van der Waals surface area contributed by atoms with Crippen LogP contribution >= 0.6 is 0 Å². The molecule has 3 aliphatic heterocycles. The first-order valence-electron chi connectivity index (χ1n) is 9.84. The maximum Gasteiger partial charge on any atom is 0.310 e. The number of nitrogens with one attached hydrogen (secondary N) is 1. The van der Waals surface area contributed by atoms with Crippen molar-refractivity contribution in [2.75, 3.05) is 25.5 Å². The number of hydrogen-bond acceptors (Lipinski definition) is 4. The van der Waals surface area contributed by atoms with E-state index in [0.29, 0.717) is 6.04 Å². The molecule has 25 heavy (non-hydrogen) atoms. The number of carbonyl (C=O) groups excluding carboxylic acids is 1. The Morgan fingerprint density at radius 3 is 2.96 bits per heavy atom. The summed E-state index contributed by atoms with van der Waals surface area (Å²) in [4.78, 5) is 15.5. The lowest BCUT2D eigenvalue weighted by atomic mass is 9.49. The first-order valence-corrected chi connectivity index (χ1v) is 9.84. The van der Waals surface area contributed by atoms with Gasteiger partial charge in [0.25, 0.3) is 0 Å². The Hall–Kier alpha value is -1.55. The van der Waals surface area contributed by atoms with E-state index in [1.807, 2.05) is 0 Å². The first kappa shape index (κ1) is 15.7. The number of carbonyl (C=O) groups is 1. The number of rotatable bonds is 2. The minimum absolute atomic E-state index is 0.0278. The summed E-state index contributed by atoms with van der Waals surface area (Å²) < 4.78 is 5.28. The predicted octanol–water partition coefficient (Wildman–Crippen LogP) is 3.18. The summed E-state index contributed by atoms with van der Waals surface area (Å²) in [6.45, 7) is 4.71. The van der Waals surface area contributed by atoms with Crippen molar-refractivity contribution in [3.8, 4) is 0 Å². The smallest absolute Gasteiger partial charge is 0.310 e. The van der Waals surface area contributed by atoms with Gasteiger partial charge in [-0.2, -0.15) is 0 Å². The largest absolute Gasteiger partial charge is 0.469 e. The molecular weight excluding hydrogens is 312 g/mol. The number of hydrogen-bond donors (Lipinski definition) is 1. The molecule has 4 aliphatic rings. The van der Waals surface area contributed by atoms with Gasteiger partial charge in [-0.25, -0.2) is 0 Å². The van der Waals surface area contributed by atoms with E-state index < -0.39 is 0 Å². The van der Waals surface area contributed by atoms with Crippen LogP contribution in [0.1, 0.15) is 44.6 Å². The molecule has 1 spiro atoms. The molecule has 5 atom stereocenters. The maximum atomic E-state index is 12.8. The van der Waals surface area contributed by atoms with E-state index in [4.69, 9.17) is 4.74 Å². The normalized spacial score (nSPS) is 41.4. The third-order valence-electron chi connectivity index (χ3n) is 7.90. The van der Waals surface area contributed by atoms with Crippen molar-refractivity contribution in [1.29, 1.82) is 0 Å². The van der Waals surface area contributed by atoms with Gasteiger partial charge in [0.15, 0.2) is 0 Å². The van der Waals surface area contributed by atoms with Crippen molar-refractivity contribution in [2.24, 2.45) is 11.3 Å². The Kier molecular flexibility index (Phi) is 3.28. The van der Waals surface area contributed by atoms with Gasteiger partial charge < -0.3 is 10.1 Å². The Morgan fingerprint density at radius 1 is 1.32 bits per heavy atom. The number of ether oxygens (including phenoxy) is 1. The van der Waals surface area contributed by atoms with Crippen LogP contribution in [0.5, 0.6) is 0 Å². The van der Waals surface area contributed by atoms with Gasteiger partial charge in [-0.1, -0.05) is 25.1 Å². The second-order valence-corrected chi connectivity index (χ2v) is 8.55. The van der Waals surface area contributed by atoms with Crippen molar-refractivity contribution < 1.29 is 9.53 Å². The lowest BCUT2D eigenvalue weighted by Gasteiger charge is -2.59. The zero-order valence-corrected chi connectivity index (χ0v) is 15.3. The van der Waals surface area contributed by atoms with E-state index >= 15 is 0 Å². The summed E-state index contributed by atoms with van der Waals surface area (Å²) in [6, 6.07) is 9.49. The molecule has 0 aromatic heterocycles. The van der Waals surface area contributed by atoms with Crippen molar-refractivity contribution in [3.63, 3.8) is 0 Å². The van der Waals surface area contributed by atoms with Gasteiger partial charge >= 0.3 is 5.97 Å². The molecule has 3 fully saturated rings. The van der Waals surface area contributed by atoms with Gasteiger partial charge in [-0.15, -0.1) is 0 Å². The second kappa shape index (κ2) is 5.23. The molecule has 4 nitrogen and oxygen atoms in total. The van der Waals surface area contributed by atoms with E-state index in [-0.39, 0.29) is 28.8 Å². The summed E-state index contributed by atoms with van der Waals surface area (Å²) in [6.07, 6.45) is 5.77. The van der Waals surface area contributed by atoms with Crippen LogP contribution in [0, 0.1) is 11.3 Å². The second-order valence-electron chi connectivity index (χ2n) is 8.55. The molecule has 0 amide bonds. The number of anilines is 1. The molecule has 5 rings (SSSR count). The standard InChI is InChI=1S/C21H28N2O2/c1-3-20-9-6-11-23-12-10-21(19(20)23)15-7-4-5-8-16(15)22-17(21)14(13-20)18(24)25-2/h4-5,7-8,14,17,19,22H,3,6,9-13H2,1-2H3/t14?,17-,19-,20-,21+/m0/s1. The number of nitrogens with zero attached hydrogens (tertiary/aromatic N) is 1. The summed E-state index contributed by atoms with van der Waals surface area (Å²) in [5, 5.41) is 3.77.